The van der Waals surface area contributed by atoms with E-state index in [1.165, 1.54) is 0 Å². The molecule has 0 unspecified atom stereocenters. The van der Waals surface area contributed by atoms with Crippen molar-refractivity contribution in [1.29, 1.82) is 0 Å². The number of rotatable bonds is 0. The van der Waals surface area contributed by atoms with E-state index in [0.29, 0.717) is 4.47 Å². The van der Waals surface area contributed by atoms with Crippen molar-refractivity contribution in [3.05, 3.63) is 22.4 Å². The minimum Gasteiger partial charge on any atom is -0.507 e. The fourth-order valence-electron chi connectivity index (χ4n) is 0.529. The topological polar surface area (TPSA) is 33.1 Å². The maximum absolute atomic E-state index is 9.01. The van der Waals surface area contributed by atoms with Crippen LogP contribution in [0.15, 0.2) is 16.7 Å². The molecular weight excluding hydrogens is 182 g/mol. The lowest BCUT2D eigenvalue weighted by molar-refractivity contribution is 0.470. The number of halogens is 1. The van der Waals surface area contributed by atoms with Gasteiger partial charge >= 0.3 is 0 Å². The molecule has 0 saturated carbocycles. The first-order valence-electron chi connectivity index (χ1n) is 2.51. The molecule has 0 spiro atoms. The van der Waals surface area contributed by atoms with Crippen LogP contribution in [0.5, 0.6) is 5.75 Å². The highest BCUT2D eigenvalue weighted by molar-refractivity contribution is 9.10. The van der Waals surface area contributed by atoms with Crippen LogP contribution in [-0.4, -0.2) is 10.1 Å². The lowest BCUT2D eigenvalue weighted by Gasteiger charge is -1.94. The van der Waals surface area contributed by atoms with Gasteiger partial charge in [0.1, 0.15) is 5.75 Å². The quantitative estimate of drug-likeness (QED) is 0.673. The summed E-state index contributed by atoms with van der Waals surface area (Å²) in [7, 11) is 0. The van der Waals surface area contributed by atoms with Gasteiger partial charge < -0.3 is 5.11 Å². The van der Waals surface area contributed by atoms with E-state index in [0.717, 1.165) is 5.69 Å². The predicted octanol–water partition coefficient (Wildman–Crippen LogP) is 1.86. The van der Waals surface area contributed by atoms with E-state index in [-0.39, 0.29) is 5.75 Å². The van der Waals surface area contributed by atoms with Crippen molar-refractivity contribution < 1.29 is 5.11 Å². The Morgan fingerprint density at radius 1 is 1.67 bits per heavy atom. The van der Waals surface area contributed by atoms with E-state index < -0.39 is 0 Å². The zero-order valence-electron chi connectivity index (χ0n) is 4.93. The molecule has 1 aromatic heterocycles. The van der Waals surface area contributed by atoms with Gasteiger partial charge in [0.2, 0.25) is 0 Å². The average molecular weight is 188 g/mol. The number of aromatic nitrogens is 1. The zero-order valence-corrected chi connectivity index (χ0v) is 6.51. The van der Waals surface area contributed by atoms with Gasteiger partial charge in [-0.15, -0.1) is 0 Å². The second-order valence-corrected chi connectivity index (χ2v) is 2.63. The van der Waals surface area contributed by atoms with Crippen LogP contribution in [-0.2, 0) is 0 Å². The maximum Gasteiger partial charge on any atom is 0.133 e. The molecule has 1 N–H and O–H groups in total. The van der Waals surface area contributed by atoms with Crippen molar-refractivity contribution in [2.24, 2.45) is 0 Å². The second-order valence-electron chi connectivity index (χ2n) is 1.78. The number of nitrogens with zero attached hydrogens (tertiary/aromatic N) is 1. The molecule has 0 amide bonds. The van der Waals surface area contributed by atoms with E-state index in [9.17, 15) is 0 Å². The molecule has 2 nitrogen and oxygen atoms in total. The summed E-state index contributed by atoms with van der Waals surface area (Å²) in [4.78, 5) is 3.93. The van der Waals surface area contributed by atoms with Gasteiger partial charge in [-0.25, -0.2) is 0 Å². The first-order chi connectivity index (χ1) is 4.20. The van der Waals surface area contributed by atoms with Crippen molar-refractivity contribution in [3.63, 3.8) is 0 Å². The molecule has 0 radical (unpaired) electrons. The third-order valence-corrected chi connectivity index (χ3v) is 1.58. The minimum atomic E-state index is 0.238. The molecule has 0 fully saturated rings. The number of aromatic hydroxyl groups is 1. The van der Waals surface area contributed by atoms with Crippen molar-refractivity contribution in [3.8, 4) is 5.75 Å². The van der Waals surface area contributed by atoms with Crippen LogP contribution in [0.3, 0.4) is 0 Å². The highest BCUT2D eigenvalue weighted by atomic mass is 79.9. The van der Waals surface area contributed by atoms with Gasteiger partial charge in [-0.05, 0) is 22.9 Å². The third-order valence-electron chi connectivity index (χ3n) is 0.972. The summed E-state index contributed by atoms with van der Waals surface area (Å²) in [5, 5.41) is 9.01. The van der Waals surface area contributed by atoms with Gasteiger partial charge in [-0.1, -0.05) is 0 Å². The van der Waals surface area contributed by atoms with Crippen molar-refractivity contribution >= 4 is 15.9 Å². The molecule has 0 atom stereocenters. The summed E-state index contributed by atoms with van der Waals surface area (Å²) in [5.41, 5.74) is 0.815. The Labute approximate surface area is 61.7 Å². The summed E-state index contributed by atoms with van der Waals surface area (Å²) in [5.74, 6) is 0.238. The molecule has 0 aliphatic carbocycles. The van der Waals surface area contributed by atoms with Gasteiger partial charge in [-0.2, -0.15) is 0 Å². The molecule has 0 aromatic carbocycles. The van der Waals surface area contributed by atoms with Crippen LogP contribution < -0.4 is 0 Å². The van der Waals surface area contributed by atoms with E-state index in [1.807, 2.05) is 6.92 Å². The van der Waals surface area contributed by atoms with E-state index in [2.05, 4.69) is 20.9 Å². The fourth-order valence-corrected chi connectivity index (χ4v) is 0.746. The standard InChI is InChI=1S/C6H6BrNO/c1-4-2-6(9)5(7)3-8-4/h2-3H,1H3,(H,8,9). The van der Waals surface area contributed by atoms with Crippen molar-refractivity contribution in [1.82, 2.24) is 4.98 Å². The van der Waals surface area contributed by atoms with Crippen LogP contribution in [0.1, 0.15) is 5.69 Å². The predicted molar refractivity (Wildman–Crippen MR) is 38.3 cm³/mol. The molecule has 0 aliphatic rings. The summed E-state index contributed by atoms with van der Waals surface area (Å²) in [6.07, 6.45) is 1.57. The first-order valence-corrected chi connectivity index (χ1v) is 3.30. The summed E-state index contributed by atoms with van der Waals surface area (Å²) < 4.78 is 0.633. The Morgan fingerprint density at radius 3 is 2.78 bits per heavy atom. The molecule has 1 aromatic rings. The van der Waals surface area contributed by atoms with Gasteiger partial charge in [-0.3, -0.25) is 4.98 Å². The van der Waals surface area contributed by atoms with E-state index >= 15 is 0 Å². The van der Waals surface area contributed by atoms with Gasteiger partial charge in [0.05, 0.1) is 4.47 Å². The lowest BCUT2D eigenvalue weighted by atomic mass is 10.4. The maximum atomic E-state index is 9.01. The van der Waals surface area contributed by atoms with Crippen LogP contribution in [0.4, 0.5) is 0 Å². The van der Waals surface area contributed by atoms with Crippen LogP contribution in [0.2, 0.25) is 0 Å². The summed E-state index contributed by atoms with van der Waals surface area (Å²) in [6.45, 7) is 1.83. The SMILES string of the molecule is Cc1cc(O)c(Br)cn1. The first kappa shape index (κ1) is 6.55. The highest BCUT2D eigenvalue weighted by Gasteiger charge is 1.95. The molecule has 0 aliphatic heterocycles. The smallest absolute Gasteiger partial charge is 0.133 e. The Hall–Kier alpha value is -0.570. The Morgan fingerprint density at radius 2 is 2.33 bits per heavy atom. The lowest BCUT2D eigenvalue weighted by Crippen LogP contribution is -1.78. The van der Waals surface area contributed by atoms with Crippen LogP contribution in [0, 0.1) is 6.92 Å². The van der Waals surface area contributed by atoms with Crippen molar-refractivity contribution in [2.75, 3.05) is 0 Å². The fraction of sp³-hybridized carbons (Fsp3) is 0.167. The number of aryl methyl sites for hydroxylation is 1. The van der Waals surface area contributed by atoms with Crippen LogP contribution >= 0.6 is 15.9 Å². The molecule has 9 heavy (non-hydrogen) atoms. The second kappa shape index (κ2) is 2.35. The largest absolute Gasteiger partial charge is 0.507 e. The Bertz CT molecular complexity index is 224. The molecular formula is C6H6BrNO. The average Bonchev–Trinajstić information content (AvgIpc) is 1.80. The van der Waals surface area contributed by atoms with Gasteiger partial charge in [0.25, 0.3) is 0 Å². The molecule has 48 valence electrons. The van der Waals surface area contributed by atoms with Gasteiger partial charge in [0.15, 0.2) is 0 Å². The molecule has 0 saturated heterocycles. The number of hydrogen-bond donors (Lipinski definition) is 1. The monoisotopic (exact) mass is 187 g/mol. The Balaban J connectivity index is 3.17. The third kappa shape index (κ3) is 1.42. The van der Waals surface area contributed by atoms with Gasteiger partial charge in [0, 0.05) is 18.0 Å². The summed E-state index contributed by atoms with van der Waals surface area (Å²) in [6, 6.07) is 1.60. The van der Waals surface area contributed by atoms with Crippen LogP contribution in [0.25, 0.3) is 0 Å². The van der Waals surface area contributed by atoms with E-state index in [4.69, 9.17) is 5.11 Å². The molecule has 0 bridgehead atoms. The Kier molecular flexibility index (Phi) is 1.71. The van der Waals surface area contributed by atoms with Crippen molar-refractivity contribution in [2.45, 2.75) is 6.92 Å². The normalized spacial score (nSPS) is 9.56. The number of pyridine rings is 1. The zero-order chi connectivity index (χ0) is 6.85. The molecule has 3 heteroatoms. The minimum absolute atomic E-state index is 0.238. The highest BCUT2D eigenvalue weighted by Crippen LogP contribution is 2.21. The van der Waals surface area contributed by atoms with E-state index in [1.54, 1.807) is 12.3 Å². The summed E-state index contributed by atoms with van der Waals surface area (Å²) >= 11 is 3.12. The molecule has 1 rings (SSSR count). The number of hydrogen-bond acceptors (Lipinski definition) is 2. The molecule has 1 heterocycles.